The van der Waals surface area contributed by atoms with Crippen molar-refractivity contribution in [2.24, 2.45) is 5.92 Å². The molecule has 7 nitrogen and oxygen atoms in total. The van der Waals surface area contributed by atoms with E-state index in [4.69, 9.17) is 4.74 Å². The third kappa shape index (κ3) is 9.21. The van der Waals surface area contributed by atoms with Gasteiger partial charge >= 0.3 is 0 Å². The van der Waals surface area contributed by atoms with Gasteiger partial charge in [-0.1, -0.05) is 44.2 Å². The van der Waals surface area contributed by atoms with Gasteiger partial charge in [-0.05, 0) is 52.0 Å². The van der Waals surface area contributed by atoms with Crippen LogP contribution in [0.25, 0.3) is 0 Å². The maximum Gasteiger partial charge on any atom is 0.269 e. The van der Waals surface area contributed by atoms with Gasteiger partial charge in [-0.15, -0.1) is 0 Å². The van der Waals surface area contributed by atoms with Crippen molar-refractivity contribution in [1.82, 2.24) is 16.2 Å². The molecule has 0 atom stereocenters. The number of rotatable bonds is 10. The van der Waals surface area contributed by atoms with E-state index < -0.39 is 11.8 Å². The van der Waals surface area contributed by atoms with Crippen LogP contribution in [0.4, 0.5) is 0 Å². The van der Waals surface area contributed by atoms with E-state index in [2.05, 4.69) is 45.9 Å². The Hall–Kier alpha value is -2.87. The first-order valence-electron chi connectivity index (χ1n) is 10.2. The number of hydrogen-bond acceptors (Lipinski definition) is 4. The molecule has 0 unspecified atom stereocenters. The van der Waals surface area contributed by atoms with Crippen molar-refractivity contribution in [2.45, 2.75) is 39.7 Å². The van der Waals surface area contributed by atoms with Crippen LogP contribution in [0.3, 0.4) is 0 Å². The zero-order chi connectivity index (χ0) is 22.6. The quantitative estimate of drug-likeness (QED) is 0.443. The highest BCUT2D eigenvalue weighted by Crippen LogP contribution is 2.26. The zero-order valence-electron chi connectivity index (χ0n) is 17.7. The summed E-state index contributed by atoms with van der Waals surface area (Å²) in [5, 5.41) is 2.75. The summed E-state index contributed by atoms with van der Waals surface area (Å²) in [6.07, 6.45) is 0.931. The highest BCUT2D eigenvalue weighted by molar-refractivity contribution is 9.10. The summed E-state index contributed by atoms with van der Waals surface area (Å²) in [4.78, 5) is 36.0. The Morgan fingerprint density at radius 1 is 0.968 bits per heavy atom. The molecule has 0 aliphatic rings. The number of ether oxygens (including phenoxy) is 1. The molecular weight excluding hydrogens is 462 g/mol. The fourth-order valence-electron chi connectivity index (χ4n) is 2.54. The minimum Gasteiger partial charge on any atom is -0.492 e. The number of carbonyl (C=O) groups excluding carboxylic acids is 3. The molecule has 2 aromatic carbocycles. The van der Waals surface area contributed by atoms with Gasteiger partial charge in [0.05, 0.1) is 11.1 Å². The van der Waals surface area contributed by atoms with E-state index in [0.29, 0.717) is 34.9 Å². The van der Waals surface area contributed by atoms with Crippen molar-refractivity contribution in [2.75, 3.05) is 6.61 Å². The van der Waals surface area contributed by atoms with E-state index in [1.165, 1.54) is 0 Å². The van der Waals surface area contributed by atoms with E-state index in [1.54, 1.807) is 18.2 Å². The molecule has 0 radical (unpaired) electrons. The van der Waals surface area contributed by atoms with Gasteiger partial charge in [0.1, 0.15) is 5.75 Å². The molecule has 0 saturated carbocycles. The molecule has 0 heterocycles. The molecule has 8 heteroatoms. The number of nitrogens with one attached hydrogen (secondary N) is 3. The van der Waals surface area contributed by atoms with Gasteiger partial charge in [-0.2, -0.15) is 0 Å². The molecule has 2 rings (SSSR count). The molecule has 3 amide bonds. The number of carbonyl (C=O) groups is 3. The van der Waals surface area contributed by atoms with Crippen LogP contribution in [0.5, 0.6) is 5.75 Å². The molecule has 166 valence electrons. The second kappa shape index (κ2) is 12.7. The second-order valence-corrected chi connectivity index (χ2v) is 8.30. The molecule has 3 N–H and O–H groups in total. The summed E-state index contributed by atoms with van der Waals surface area (Å²) in [7, 11) is 0. The normalized spacial score (nSPS) is 10.5. The van der Waals surface area contributed by atoms with Crippen LogP contribution in [0.15, 0.2) is 53.0 Å². The predicted molar refractivity (Wildman–Crippen MR) is 122 cm³/mol. The summed E-state index contributed by atoms with van der Waals surface area (Å²) >= 11 is 3.40. The number of hydrazine groups is 1. The minimum absolute atomic E-state index is 0.0303. The number of hydrogen-bond donors (Lipinski definition) is 3. The molecule has 0 bridgehead atoms. The SMILES string of the molecule is CC(C)CCOc1ccc(C(=O)NNC(=O)CCC(=O)NCc2ccccc2)cc1Br. The van der Waals surface area contributed by atoms with Crippen LogP contribution in [-0.4, -0.2) is 24.3 Å². The van der Waals surface area contributed by atoms with Crippen LogP contribution < -0.4 is 20.9 Å². The summed E-state index contributed by atoms with van der Waals surface area (Å²) in [6, 6.07) is 14.5. The van der Waals surface area contributed by atoms with Crippen molar-refractivity contribution < 1.29 is 19.1 Å². The molecule has 0 saturated heterocycles. The topological polar surface area (TPSA) is 96.5 Å². The lowest BCUT2D eigenvalue weighted by molar-refractivity contribution is -0.126. The van der Waals surface area contributed by atoms with Crippen molar-refractivity contribution in [3.05, 3.63) is 64.1 Å². The van der Waals surface area contributed by atoms with Gasteiger partial charge in [0, 0.05) is 24.9 Å². The van der Waals surface area contributed by atoms with E-state index in [0.717, 1.165) is 12.0 Å². The average molecular weight is 490 g/mol. The molecule has 0 spiro atoms. The third-order valence-electron chi connectivity index (χ3n) is 4.37. The zero-order valence-corrected chi connectivity index (χ0v) is 19.3. The van der Waals surface area contributed by atoms with E-state index >= 15 is 0 Å². The average Bonchev–Trinajstić information content (AvgIpc) is 2.76. The monoisotopic (exact) mass is 489 g/mol. The first kappa shape index (κ1) is 24.4. The summed E-state index contributed by atoms with van der Waals surface area (Å²) in [5.41, 5.74) is 6.03. The third-order valence-corrected chi connectivity index (χ3v) is 4.99. The maximum absolute atomic E-state index is 12.2. The number of amides is 3. The van der Waals surface area contributed by atoms with E-state index in [1.807, 2.05) is 30.3 Å². The van der Waals surface area contributed by atoms with Gasteiger partial charge in [0.15, 0.2) is 0 Å². The van der Waals surface area contributed by atoms with Crippen LogP contribution >= 0.6 is 15.9 Å². The lowest BCUT2D eigenvalue weighted by atomic mass is 10.1. The number of benzene rings is 2. The van der Waals surface area contributed by atoms with Crippen molar-refractivity contribution >= 4 is 33.7 Å². The van der Waals surface area contributed by atoms with E-state index in [9.17, 15) is 14.4 Å². The highest BCUT2D eigenvalue weighted by atomic mass is 79.9. The Morgan fingerprint density at radius 3 is 2.35 bits per heavy atom. The molecule has 0 aliphatic heterocycles. The van der Waals surface area contributed by atoms with Crippen LogP contribution in [0, 0.1) is 5.92 Å². The first-order chi connectivity index (χ1) is 14.8. The molecule has 0 fully saturated rings. The minimum atomic E-state index is -0.462. The standard InChI is InChI=1S/C23H28BrN3O4/c1-16(2)12-13-31-20-9-8-18(14-19(20)24)23(30)27-26-22(29)11-10-21(28)25-15-17-6-4-3-5-7-17/h3-9,14,16H,10-13,15H2,1-2H3,(H,25,28)(H,26,29)(H,27,30). The summed E-state index contributed by atoms with van der Waals surface area (Å²) in [5.74, 6) is 0.0552. The van der Waals surface area contributed by atoms with Gasteiger partial charge in [-0.25, -0.2) is 0 Å². The van der Waals surface area contributed by atoms with Crippen LogP contribution in [-0.2, 0) is 16.1 Å². The van der Waals surface area contributed by atoms with Gasteiger partial charge in [0.25, 0.3) is 5.91 Å². The highest BCUT2D eigenvalue weighted by Gasteiger charge is 2.12. The lowest BCUT2D eigenvalue weighted by Gasteiger charge is -2.11. The largest absolute Gasteiger partial charge is 0.492 e. The van der Waals surface area contributed by atoms with Crippen molar-refractivity contribution in [3.8, 4) is 5.75 Å². The van der Waals surface area contributed by atoms with Crippen molar-refractivity contribution in [3.63, 3.8) is 0 Å². The maximum atomic E-state index is 12.2. The molecule has 0 aliphatic carbocycles. The lowest BCUT2D eigenvalue weighted by Crippen LogP contribution is -2.42. The Bertz CT molecular complexity index is 888. The molecule has 0 aromatic heterocycles. The molecular formula is C23H28BrN3O4. The smallest absolute Gasteiger partial charge is 0.269 e. The Labute approximate surface area is 191 Å². The Morgan fingerprint density at radius 2 is 1.68 bits per heavy atom. The molecule has 2 aromatic rings. The fourth-order valence-corrected chi connectivity index (χ4v) is 3.03. The number of halogens is 1. The van der Waals surface area contributed by atoms with E-state index in [-0.39, 0.29) is 18.7 Å². The summed E-state index contributed by atoms with van der Waals surface area (Å²) < 4.78 is 6.35. The summed E-state index contributed by atoms with van der Waals surface area (Å²) in [6.45, 7) is 5.25. The first-order valence-corrected chi connectivity index (χ1v) is 11.0. The van der Waals surface area contributed by atoms with Gasteiger partial charge < -0.3 is 10.1 Å². The van der Waals surface area contributed by atoms with Gasteiger partial charge in [-0.3, -0.25) is 25.2 Å². The fraction of sp³-hybridized carbons (Fsp3) is 0.348. The van der Waals surface area contributed by atoms with Crippen molar-refractivity contribution in [1.29, 1.82) is 0 Å². The molecule has 31 heavy (non-hydrogen) atoms. The Balaban J connectivity index is 1.70. The predicted octanol–water partition coefficient (Wildman–Crippen LogP) is 3.73. The van der Waals surface area contributed by atoms with Gasteiger partial charge in [0.2, 0.25) is 11.8 Å². The van der Waals surface area contributed by atoms with Crippen LogP contribution in [0.2, 0.25) is 0 Å². The van der Waals surface area contributed by atoms with Crippen LogP contribution in [0.1, 0.15) is 49.0 Å². The Kier molecular flexibility index (Phi) is 10.0. The second-order valence-electron chi connectivity index (χ2n) is 7.44.